The fraction of sp³-hybridized carbons (Fsp3) is 0.133. The van der Waals surface area contributed by atoms with Crippen molar-refractivity contribution in [1.29, 1.82) is 0 Å². The predicted molar refractivity (Wildman–Crippen MR) is 68.6 cm³/mol. The van der Waals surface area contributed by atoms with Crippen LogP contribution in [0.15, 0.2) is 48.5 Å². The first-order valence-corrected chi connectivity index (χ1v) is 5.70. The van der Waals surface area contributed by atoms with Crippen LogP contribution >= 0.6 is 0 Å². The number of hydrogen-bond acceptors (Lipinski definition) is 2. The molecule has 0 saturated carbocycles. The van der Waals surface area contributed by atoms with Crippen molar-refractivity contribution in [1.82, 2.24) is 0 Å². The van der Waals surface area contributed by atoms with Crippen LogP contribution in [0.25, 0.3) is 0 Å². The molecule has 3 nitrogen and oxygen atoms in total. The first-order chi connectivity index (χ1) is 8.70. The summed E-state index contributed by atoms with van der Waals surface area (Å²) in [6, 6.07) is 14.8. The highest BCUT2D eigenvalue weighted by molar-refractivity contribution is 5.89. The zero-order chi connectivity index (χ0) is 13.0. The number of aliphatic hydroxyl groups is 1. The molecule has 18 heavy (non-hydrogen) atoms. The minimum absolute atomic E-state index is 0.147. The van der Waals surface area contributed by atoms with E-state index >= 15 is 0 Å². The van der Waals surface area contributed by atoms with Gasteiger partial charge in [0, 0.05) is 0 Å². The van der Waals surface area contributed by atoms with Crippen molar-refractivity contribution in [2.45, 2.75) is 13.0 Å². The molecule has 0 amide bonds. The van der Waals surface area contributed by atoms with Crippen LogP contribution in [0.1, 0.15) is 27.0 Å². The summed E-state index contributed by atoms with van der Waals surface area (Å²) in [7, 11) is 0. The third kappa shape index (κ3) is 2.76. The Labute approximate surface area is 105 Å². The summed E-state index contributed by atoms with van der Waals surface area (Å²) in [5, 5.41) is 18.2. The zero-order valence-electron chi connectivity index (χ0n) is 9.84. The number of carboxylic acids is 1. The van der Waals surface area contributed by atoms with Crippen LogP contribution in [0.3, 0.4) is 0 Å². The highest BCUT2D eigenvalue weighted by Crippen LogP contribution is 2.16. The van der Waals surface area contributed by atoms with Gasteiger partial charge in [0.1, 0.15) is 0 Å². The van der Waals surface area contributed by atoms with E-state index in [1.165, 1.54) is 6.07 Å². The Balaban J connectivity index is 2.35. The van der Waals surface area contributed by atoms with Gasteiger partial charge in [0.05, 0.1) is 12.2 Å². The van der Waals surface area contributed by atoms with E-state index in [1.807, 2.05) is 30.3 Å². The maximum Gasteiger partial charge on any atom is 0.335 e. The van der Waals surface area contributed by atoms with Crippen LogP contribution in [-0.4, -0.2) is 16.2 Å². The second-order valence-electron chi connectivity index (χ2n) is 4.12. The Morgan fingerprint density at radius 1 is 1.00 bits per heavy atom. The van der Waals surface area contributed by atoms with Gasteiger partial charge >= 0.3 is 5.97 Å². The minimum atomic E-state index is -0.962. The maximum absolute atomic E-state index is 11.2. The van der Waals surface area contributed by atoms with Crippen LogP contribution in [0.5, 0.6) is 0 Å². The fourth-order valence-electron chi connectivity index (χ4n) is 1.89. The molecule has 2 rings (SSSR count). The summed E-state index contributed by atoms with van der Waals surface area (Å²) < 4.78 is 0. The number of hydrogen-bond donors (Lipinski definition) is 2. The van der Waals surface area contributed by atoms with Crippen LogP contribution in [-0.2, 0) is 13.0 Å². The molecule has 0 bridgehead atoms. The van der Waals surface area contributed by atoms with Gasteiger partial charge < -0.3 is 10.2 Å². The van der Waals surface area contributed by atoms with Gasteiger partial charge in [-0.25, -0.2) is 4.79 Å². The average molecular weight is 242 g/mol. The Kier molecular flexibility index (Phi) is 3.75. The average Bonchev–Trinajstić information content (AvgIpc) is 2.40. The van der Waals surface area contributed by atoms with Gasteiger partial charge in [-0.3, -0.25) is 0 Å². The molecule has 0 radical (unpaired) electrons. The molecule has 0 heterocycles. The summed E-state index contributed by atoms with van der Waals surface area (Å²) in [6.45, 7) is -0.147. The molecule has 2 aromatic rings. The quantitative estimate of drug-likeness (QED) is 0.865. The molecule has 2 aromatic carbocycles. The number of carboxylic acid groups (broad SMARTS) is 1. The molecule has 0 aromatic heterocycles. The largest absolute Gasteiger partial charge is 0.478 e. The lowest BCUT2D eigenvalue weighted by Gasteiger charge is -2.08. The number of rotatable bonds is 4. The summed E-state index contributed by atoms with van der Waals surface area (Å²) in [4.78, 5) is 11.2. The Hall–Kier alpha value is -2.13. The Bertz CT molecular complexity index is 547. The fourth-order valence-corrected chi connectivity index (χ4v) is 1.89. The molecule has 0 aliphatic rings. The molecular formula is C15H14O3. The van der Waals surface area contributed by atoms with Crippen LogP contribution in [0.2, 0.25) is 0 Å². The molecule has 0 aliphatic carbocycles. The lowest BCUT2D eigenvalue weighted by atomic mass is 9.98. The van der Waals surface area contributed by atoms with E-state index in [1.54, 1.807) is 12.1 Å². The van der Waals surface area contributed by atoms with Gasteiger partial charge in [0.25, 0.3) is 0 Å². The third-order valence-electron chi connectivity index (χ3n) is 2.82. The van der Waals surface area contributed by atoms with Crippen LogP contribution in [0, 0.1) is 0 Å². The first-order valence-electron chi connectivity index (χ1n) is 5.70. The normalized spacial score (nSPS) is 10.3. The highest BCUT2D eigenvalue weighted by atomic mass is 16.4. The van der Waals surface area contributed by atoms with Gasteiger partial charge in [-0.05, 0) is 29.2 Å². The van der Waals surface area contributed by atoms with Crippen LogP contribution < -0.4 is 0 Å². The Morgan fingerprint density at radius 2 is 1.72 bits per heavy atom. The second-order valence-corrected chi connectivity index (χ2v) is 4.12. The van der Waals surface area contributed by atoms with Crippen molar-refractivity contribution in [3.05, 3.63) is 70.8 Å². The molecule has 0 saturated heterocycles. The molecule has 0 unspecified atom stereocenters. The number of benzene rings is 2. The highest BCUT2D eigenvalue weighted by Gasteiger charge is 2.11. The summed E-state index contributed by atoms with van der Waals surface area (Å²) in [5.74, 6) is -0.962. The van der Waals surface area contributed by atoms with Gasteiger partial charge in [-0.1, -0.05) is 42.5 Å². The smallest absolute Gasteiger partial charge is 0.335 e. The number of aromatic carboxylic acids is 1. The topological polar surface area (TPSA) is 57.5 Å². The van der Waals surface area contributed by atoms with Crippen molar-refractivity contribution in [2.24, 2.45) is 0 Å². The van der Waals surface area contributed by atoms with Crippen molar-refractivity contribution in [3.63, 3.8) is 0 Å². The van der Waals surface area contributed by atoms with E-state index in [2.05, 4.69) is 0 Å². The number of aliphatic hydroxyl groups excluding tert-OH is 1. The standard InChI is InChI=1S/C15H14O3/c16-10-12-6-7-13(14(9-12)15(17)18)8-11-4-2-1-3-5-11/h1-7,9,16H,8,10H2,(H,17,18). The lowest BCUT2D eigenvalue weighted by molar-refractivity contribution is 0.0695. The molecular weight excluding hydrogens is 228 g/mol. The monoisotopic (exact) mass is 242 g/mol. The zero-order valence-corrected chi connectivity index (χ0v) is 9.84. The summed E-state index contributed by atoms with van der Waals surface area (Å²) in [5.41, 5.74) is 2.69. The Morgan fingerprint density at radius 3 is 2.33 bits per heavy atom. The SMILES string of the molecule is O=C(O)c1cc(CO)ccc1Cc1ccccc1. The molecule has 0 atom stereocenters. The lowest BCUT2D eigenvalue weighted by Crippen LogP contribution is -2.04. The van der Waals surface area contributed by atoms with E-state index in [4.69, 9.17) is 5.11 Å². The van der Waals surface area contributed by atoms with E-state index in [0.29, 0.717) is 12.0 Å². The summed E-state index contributed by atoms with van der Waals surface area (Å²) >= 11 is 0. The minimum Gasteiger partial charge on any atom is -0.478 e. The van der Waals surface area contributed by atoms with Gasteiger partial charge in [-0.2, -0.15) is 0 Å². The van der Waals surface area contributed by atoms with E-state index in [-0.39, 0.29) is 12.2 Å². The third-order valence-corrected chi connectivity index (χ3v) is 2.82. The van der Waals surface area contributed by atoms with Crippen LogP contribution in [0.4, 0.5) is 0 Å². The van der Waals surface area contributed by atoms with E-state index < -0.39 is 5.97 Å². The molecule has 92 valence electrons. The molecule has 0 aliphatic heterocycles. The predicted octanol–water partition coefficient (Wildman–Crippen LogP) is 2.47. The van der Waals surface area contributed by atoms with E-state index in [9.17, 15) is 9.90 Å². The second kappa shape index (κ2) is 5.47. The van der Waals surface area contributed by atoms with Gasteiger partial charge in [0.2, 0.25) is 0 Å². The molecule has 0 fully saturated rings. The first kappa shape index (κ1) is 12.3. The van der Waals surface area contributed by atoms with Crippen molar-refractivity contribution in [3.8, 4) is 0 Å². The summed E-state index contributed by atoms with van der Waals surface area (Å²) in [6.07, 6.45) is 0.578. The molecule has 0 spiro atoms. The maximum atomic E-state index is 11.2. The molecule has 2 N–H and O–H groups in total. The molecule has 3 heteroatoms. The van der Waals surface area contributed by atoms with Crippen molar-refractivity contribution >= 4 is 5.97 Å². The number of carbonyl (C=O) groups is 1. The van der Waals surface area contributed by atoms with Gasteiger partial charge in [-0.15, -0.1) is 0 Å². The van der Waals surface area contributed by atoms with Crippen molar-refractivity contribution < 1.29 is 15.0 Å². The van der Waals surface area contributed by atoms with Gasteiger partial charge in [0.15, 0.2) is 0 Å². The van der Waals surface area contributed by atoms with Crippen molar-refractivity contribution in [2.75, 3.05) is 0 Å². The van der Waals surface area contributed by atoms with E-state index in [0.717, 1.165) is 11.1 Å².